The molecule has 0 fully saturated rings. The van der Waals surface area contributed by atoms with Gasteiger partial charge in [-0.2, -0.15) is 0 Å². The molecule has 0 aliphatic carbocycles. The number of phenolic OH excluding ortho intramolecular Hbond substituents is 1. The highest BCUT2D eigenvalue weighted by Gasteiger charge is 2.27. The van der Waals surface area contributed by atoms with Crippen LogP contribution in [0.2, 0.25) is 0 Å². The van der Waals surface area contributed by atoms with Crippen LogP contribution in [-0.2, 0) is 15.6 Å². The second kappa shape index (κ2) is 8.89. The van der Waals surface area contributed by atoms with E-state index >= 15 is 0 Å². The lowest BCUT2D eigenvalue weighted by Gasteiger charge is -2.28. The van der Waals surface area contributed by atoms with Gasteiger partial charge in [-0.3, -0.25) is 15.6 Å². The number of amides is 1. The topological polar surface area (TPSA) is 82.6 Å². The van der Waals surface area contributed by atoms with Crippen molar-refractivity contribution in [2.75, 3.05) is 13.7 Å². The number of ether oxygens (including phenoxy) is 1. The number of aromatic hydroxyl groups is 1. The Morgan fingerprint density at radius 3 is 2.00 bits per heavy atom. The molecule has 0 saturated heterocycles. The molecule has 27 heavy (non-hydrogen) atoms. The number of nitrogens with one attached hydrogen (secondary N) is 3. The van der Waals surface area contributed by atoms with Gasteiger partial charge in [0.1, 0.15) is 5.75 Å². The monoisotopic (exact) mass is 395 g/mol. The van der Waals surface area contributed by atoms with Crippen molar-refractivity contribution in [2.45, 2.75) is 65.3 Å². The van der Waals surface area contributed by atoms with Crippen LogP contribution in [-0.4, -0.2) is 35.9 Å². The molecule has 0 radical (unpaired) electrons. The molecule has 4 N–H and O–H groups in total. The fourth-order valence-electron chi connectivity index (χ4n) is 2.65. The Bertz CT molecular complexity index is 656. The molecule has 1 aromatic carbocycles. The number of carbonyl (C=O) groups is 1. The van der Waals surface area contributed by atoms with Crippen LogP contribution in [0.1, 0.15) is 70.0 Å². The van der Waals surface area contributed by atoms with Crippen LogP contribution in [0.3, 0.4) is 0 Å². The summed E-state index contributed by atoms with van der Waals surface area (Å²) < 4.78 is 5.04. The van der Waals surface area contributed by atoms with E-state index in [1.165, 1.54) is 0 Å². The van der Waals surface area contributed by atoms with E-state index in [0.717, 1.165) is 11.1 Å². The van der Waals surface area contributed by atoms with Gasteiger partial charge in [0.15, 0.2) is 5.11 Å². The summed E-state index contributed by atoms with van der Waals surface area (Å²) in [6, 6.07) is 3.47. The molecule has 0 bridgehead atoms. The number of hydrogen-bond donors (Lipinski definition) is 4. The van der Waals surface area contributed by atoms with Gasteiger partial charge in [-0.1, -0.05) is 41.5 Å². The summed E-state index contributed by atoms with van der Waals surface area (Å²) in [5, 5.41) is 14.1. The van der Waals surface area contributed by atoms with E-state index in [2.05, 4.69) is 16.2 Å². The molecule has 0 saturated carbocycles. The van der Waals surface area contributed by atoms with E-state index < -0.39 is 0 Å². The van der Waals surface area contributed by atoms with Gasteiger partial charge in [-0.05, 0) is 42.1 Å². The van der Waals surface area contributed by atoms with E-state index in [0.29, 0.717) is 17.3 Å². The molecule has 0 spiro atoms. The lowest BCUT2D eigenvalue weighted by molar-refractivity contribution is 0.0943. The van der Waals surface area contributed by atoms with Gasteiger partial charge in [0, 0.05) is 29.8 Å². The third-order valence-electron chi connectivity index (χ3n) is 4.07. The molecule has 152 valence electrons. The maximum atomic E-state index is 12.7. The van der Waals surface area contributed by atoms with Crippen molar-refractivity contribution in [3.05, 3.63) is 28.8 Å². The fraction of sp³-hybridized carbons (Fsp3) is 0.600. The zero-order chi connectivity index (χ0) is 21.0. The van der Waals surface area contributed by atoms with Gasteiger partial charge in [0.2, 0.25) is 0 Å². The number of benzene rings is 1. The Kier molecular flexibility index (Phi) is 7.63. The Labute approximate surface area is 168 Å². The number of hydrogen-bond acceptors (Lipinski definition) is 4. The number of hydrazine groups is 1. The lowest BCUT2D eigenvalue weighted by Crippen LogP contribution is -2.50. The SMILES string of the molecule is COC[C@@H](C)NC(=S)NNC(=O)c1cc(C(C)(C)C)c(O)c(C(C)(C)C)c1. The van der Waals surface area contributed by atoms with Gasteiger partial charge in [-0.15, -0.1) is 0 Å². The highest BCUT2D eigenvalue weighted by atomic mass is 32.1. The van der Waals surface area contributed by atoms with Crippen molar-refractivity contribution in [1.82, 2.24) is 16.2 Å². The van der Waals surface area contributed by atoms with Crippen LogP contribution >= 0.6 is 12.2 Å². The Morgan fingerprint density at radius 2 is 1.59 bits per heavy atom. The highest BCUT2D eigenvalue weighted by molar-refractivity contribution is 7.80. The van der Waals surface area contributed by atoms with Crippen LogP contribution in [0.15, 0.2) is 12.1 Å². The Morgan fingerprint density at radius 1 is 1.11 bits per heavy atom. The molecule has 1 atom stereocenters. The van der Waals surface area contributed by atoms with Crippen molar-refractivity contribution >= 4 is 23.2 Å². The van der Waals surface area contributed by atoms with Crippen LogP contribution in [0.25, 0.3) is 0 Å². The summed E-state index contributed by atoms with van der Waals surface area (Å²) in [7, 11) is 1.61. The average molecular weight is 396 g/mol. The first-order valence-electron chi connectivity index (χ1n) is 9.01. The van der Waals surface area contributed by atoms with E-state index in [-0.39, 0.29) is 28.5 Å². The predicted molar refractivity (Wildman–Crippen MR) is 113 cm³/mol. The van der Waals surface area contributed by atoms with Gasteiger partial charge in [-0.25, -0.2) is 0 Å². The summed E-state index contributed by atoms with van der Waals surface area (Å²) in [6.45, 7) is 14.4. The molecule has 0 heterocycles. The molecule has 0 aromatic heterocycles. The standard InChI is InChI=1S/C20H33N3O3S/c1-12(11-26-8)21-18(27)23-22-17(25)13-9-14(19(2,3)4)16(24)15(10-13)20(5,6)7/h9-10,12,24H,11H2,1-8H3,(H,22,25)(H2,21,23,27)/t12-/m1/s1. The van der Waals surface area contributed by atoms with E-state index in [9.17, 15) is 9.90 Å². The smallest absolute Gasteiger partial charge is 0.269 e. The largest absolute Gasteiger partial charge is 0.507 e. The van der Waals surface area contributed by atoms with E-state index in [4.69, 9.17) is 17.0 Å². The van der Waals surface area contributed by atoms with Gasteiger partial charge in [0.25, 0.3) is 5.91 Å². The maximum Gasteiger partial charge on any atom is 0.269 e. The van der Waals surface area contributed by atoms with Gasteiger partial charge < -0.3 is 15.2 Å². The summed E-state index contributed by atoms with van der Waals surface area (Å²) in [6.07, 6.45) is 0. The highest BCUT2D eigenvalue weighted by Crippen LogP contribution is 2.39. The van der Waals surface area contributed by atoms with Crippen molar-refractivity contribution in [2.24, 2.45) is 0 Å². The summed E-state index contributed by atoms with van der Waals surface area (Å²) in [5.74, 6) is -0.0837. The summed E-state index contributed by atoms with van der Waals surface area (Å²) >= 11 is 5.17. The van der Waals surface area contributed by atoms with Crippen molar-refractivity contribution in [1.29, 1.82) is 0 Å². The first-order chi connectivity index (χ1) is 12.3. The molecule has 1 rings (SSSR count). The number of thiocarbonyl (C=S) groups is 1. The molecular weight excluding hydrogens is 362 g/mol. The molecule has 0 aliphatic heterocycles. The fourth-order valence-corrected chi connectivity index (χ4v) is 2.90. The first-order valence-corrected chi connectivity index (χ1v) is 9.42. The Balaban J connectivity index is 3.05. The number of phenols is 1. The van der Waals surface area contributed by atoms with Crippen LogP contribution in [0.5, 0.6) is 5.75 Å². The van der Waals surface area contributed by atoms with Crippen LogP contribution in [0, 0.1) is 0 Å². The third-order valence-corrected chi connectivity index (χ3v) is 4.29. The molecule has 6 nitrogen and oxygen atoms in total. The number of carbonyl (C=O) groups excluding carboxylic acids is 1. The number of rotatable bonds is 4. The first kappa shape index (κ1) is 23.2. The minimum absolute atomic E-state index is 0.0144. The number of methoxy groups -OCH3 is 1. The maximum absolute atomic E-state index is 12.7. The second-order valence-corrected chi connectivity index (χ2v) is 9.24. The van der Waals surface area contributed by atoms with Crippen molar-refractivity contribution in [3.8, 4) is 5.75 Å². The van der Waals surface area contributed by atoms with Crippen molar-refractivity contribution < 1.29 is 14.6 Å². The predicted octanol–water partition coefficient (Wildman–Crippen LogP) is 3.13. The normalized spacial score (nSPS) is 13.0. The zero-order valence-corrected chi connectivity index (χ0v) is 18.4. The minimum Gasteiger partial charge on any atom is -0.507 e. The van der Waals surface area contributed by atoms with Crippen LogP contribution in [0.4, 0.5) is 0 Å². The van der Waals surface area contributed by atoms with Crippen LogP contribution < -0.4 is 16.2 Å². The quantitative estimate of drug-likeness (QED) is 0.463. The van der Waals surface area contributed by atoms with E-state index in [1.54, 1.807) is 19.2 Å². The molecule has 1 amide bonds. The van der Waals surface area contributed by atoms with Crippen molar-refractivity contribution in [3.63, 3.8) is 0 Å². The summed E-state index contributed by atoms with van der Waals surface area (Å²) in [5.41, 5.74) is 6.62. The lowest BCUT2D eigenvalue weighted by atomic mass is 9.78. The molecule has 0 unspecified atom stereocenters. The third kappa shape index (κ3) is 6.66. The molecular formula is C20H33N3O3S. The Hall–Kier alpha value is -1.86. The minimum atomic E-state index is -0.324. The van der Waals surface area contributed by atoms with E-state index in [1.807, 2.05) is 48.5 Å². The second-order valence-electron chi connectivity index (χ2n) is 8.83. The molecule has 0 aliphatic rings. The molecule has 1 aromatic rings. The van der Waals surface area contributed by atoms with Gasteiger partial charge in [0.05, 0.1) is 6.61 Å². The van der Waals surface area contributed by atoms with Gasteiger partial charge >= 0.3 is 0 Å². The summed E-state index contributed by atoms with van der Waals surface area (Å²) in [4.78, 5) is 12.7. The average Bonchev–Trinajstić information content (AvgIpc) is 2.50. The zero-order valence-electron chi connectivity index (χ0n) is 17.6. The molecule has 7 heteroatoms.